The zero-order valence-electron chi connectivity index (χ0n) is 10.9. The number of hydrogen-bond acceptors (Lipinski definition) is 2. The van der Waals surface area contributed by atoms with Gasteiger partial charge in [-0.2, -0.15) is 0 Å². The van der Waals surface area contributed by atoms with Gasteiger partial charge < -0.3 is 15.0 Å². The molecule has 18 heavy (non-hydrogen) atoms. The molecule has 0 amide bonds. The van der Waals surface area contributed by atoms with Gasteiger partial charge in [-0.3, -0.25) is 4.79 Å². The van der Waals surface area contributed by atoms with Crippen molar-refractivity contribution in [3.63, 3.8) is 0 Å². The van der Waals surface area contributed by atoms with Crippen LogP contribution in [-0.4, -0.2) is 29.1 Å². The Morgan fingerprint density at radius 3 is 2.78 bits per heavy atom. The third kappa shape index (κ3) is 2.18. The molecule has 96 valence electrons. The molecule has 2 N–H and O–H groups in total. The van der Waals surface area contributed by atoms with Crippen LogP contribution in [0.4, 0.5) is 5.69 Å². The summed E-state index contributed by atoms with van der Waals surface area (Å²) >= 11 is 0. The Morgan fingerprint density at radius 1 is 1.44 bits per heavy atom. The number of para-hydroxylation sites is 1. The lowest BCUT2D eigenvalue weighted by atomic mass is 10.1. The minimum Gasteiger partial charge on any atom is -0.481 e. The zero-order valence-corrected chi connectivity index (χ0v) is 10.9. The van der Waals surface area contributed by atoms with Crippen molar-refractivity contribution < 1.29 is 9.90 Å². The molecule has 0 aliphatic carbocycles. The molecular formula is C14H18N2O2. The molecule has 1 heterocycles. The van der Waals surface area contributed by atoms with Crippen molar-refractivity contribution >= 4 is 22.6 Å². The summed E-state index contributed by atoms with van der Waals surface area (Å²) in [5.41, 5.74) is 3.23. The van der Waals surface area contributed by atoms with Gasteiger partial charge in [0.2, 0.25) is 0 Å². The molecule has 4 heteroatoms. The Labute approximate surface area is 106 Å². The molecule has 2 aromatic rings. The topological polar surface area (TPSA) is 56.3 Å². The van der Waals surface area contributed by atoms with E-state index in [2.05, 4.69) is 11.1 Å². The summed E-state index contributed by atoms with van der Waals surface area (Å²) in [7, 11) is 1.94. The van der Waals surface area contributed by atoms with E-state index in [-0.39, 0.29) is 12.5 Å². The Bertz CT molecular complexity index is 574. The highest BCUT2D eigenvalue weighted by Gasteiger charge is 2.18. The number of H-pyrrole nitrogens is 1. The highest BCUT2D eigenvalue weighted by Crippen LogP contribution is 2.31. The lowest BCUT2D eigenvalue weighted by Crippen LogP contribution is -2.31. The van der Waals surface area contributed by atoms with E-state index in [0.29, 0.717) is 0 Å². The second-order valence-corrected chi connectivity index (χ2v) is 4.70. The van der Waals surface area contributed by atoms with Gasteiger partial charge in [0.15, 0.2) is 0 Å². The van der Waals surface area contributed by atoms with Crippen LogP contribution in [0.5, 0.6) is 0 Å². The molecule has 1 aromatic heterocycles. The van der Waals surface area contributed by atoms with Crippen molar-refractivity contribution in [1.29, 1.82) is 0 Å². The lowest BCUT2D eigenvalue weighted by Gasteiger charge is -2.26. The van der Waals surface area contributed by atoms with Gasteiger partial charge in [-0.05, 0) is 19.9 Å². The van der Waals surface area contributed by atoms with Gasteiger partial charge in [0.25, 0.3) is 0 Å². The van der Waals surface area contributed by atoms with E-state index >= 15 is 0 Å². The number of rotatable bonds is 4. The molecule has 0 radical (unpaired) electrons. The first-order valence-electron chi connectivity index (χ1n) is 6.02. The predicted molar refractivity (Wildman–Crippen MR) is 73.2 cm³/mol. The van der Waals surface area contributed by atoms with E-state index in [1.165, 1.54) is 0 Å². The average Bonchev–Trinajstić information content (AvgIpc) is 2.63. The minimum absolute atomic E-state index is 0.0413. The summed E-state index contributed by atoms with van der Waals surface area (Å²) in [6.07, 6.45) is 0.134. The smallest absolute Gasteiger partial charge is 0.305 e. The zero-order chi connectivity index (χ0) is 13.3. The van der Waals surface area contributed by atoms with E-state index in [9.17, 15) is 4.79 Å². The molecule has 4 nitrogen and oxygen atoms in total. The highest BCUT2D eigenvalue weighted by atomic mass is 16.4. The van der Waals surface area contributed by atoms with Gasteiger partial charge in [0.05, 0.1) is 12.1 Å². The molecule has 0 spiro atoms. The van der Waals surface area contributed by atoms with Crippen LogP contribution in [0.2, 0.25) is 0 Å². The average molecular weight is 246 g/mol. The standard InChI is InChI=1S/C14H18N2O2/c1-9(8-13(17)18)16(3)14-10(2)15-12-7-5-4-6-11(12)14/h4-7,9,15H,8H2,1-3H3,(H,17,18). The van der Waals surface area contributed by atoms with Gasteiger partial charge in [-0.15, -0.1) is 0 Å². The quantitative estimate of drug-likeness (QED) is 0.872. The Kier molecular flexibility index (Phi) is 3.28. The fourth-order valence-corrected chi connectivity index (χ4v) is 2.33. The Balaban J connectivity index is 2.40. The van der Waals surface area contributed by atoms with Crippen LogP contribution in [0.25, 0.3) is 10.9 Å². The number of anilines is 1. The second kappa shape index (κ2) is 4.72. The Hall–Kier alpha value is -1.97. The number of nitrogens with zero attached hydrogens (tertiary/aromatic N) is 1. The molecule has 0 bridgehead atoms. The number of aliphatic carboxylic acids is 1. The van der Waals surface area contributed by atoms with Gasteiger partial charge >= 0.3 is 5.97 Å². The van der Waals surface area contributed by atoms with Crippen LogP contribution in [0.1, 0.15) is 19.0 Å². The third-order valence-corrected chi connectivity index (χ3v) is 3.34. The van der Waals surface area contributed by atoms with Gasteiger partial charge in [-0.1, -0.05) is 18.2 Å². The summed E-state index contributed by atoms with van der Waals surface area (Å²) in [6.45, 7) is 3.94. The highest BCUT2D eigenvalue weighted by molar-refractivity contribution is 5.95. The number of nitrogens with one attached hydrogen (secondary N) is 1. The first-order chi connectivity index (χ1) is 8.50. The van der Waals surface area contributed by atoms with Gasteiger partial charge in [0.1, 0.15) is 0 Å². The van der Waals surface area contributed by atoms with E-state index < -0.39 is 5.97 Å². The monoisotopic (exact) mass is 246 g/mol. The van der Waals surface area contributed by atoms with E-state index in [1.807, 2.05) is 44.0 Å². The van der Waals surface area contributed by atoms with E-state index in [1.54, 1.807) is 0 Å². The summed E-state index contributed by atoms with van der Waals surface area (Å²) in [4.78, 5) is 16.2. The van der Waals surface area contributed by atoms with Crippen LogP contribution in [0.15, 0.2) is 24.3 Å². The van der Waals surface area contributed by atoms with Crippen molar-refractivity contribution in [2.45, 2.75) is 26.3 Å². The van der Waals surface area contributed by atoms with Crippen LogP contribution in [-0.2, 0) is 4.79 Å². The molecule has 1 unspecified atom stereocenters. The Morgan fingerprint density at radius 2 is 2.11 bits per heavy atom. The third-order valence-electron chi connectivity index (χ3n) is 3.34. The number of carbonyl (C=O) groups is 1. The summed E-state index contributed by atoms with van der Waals surface area (Å²) in [5, 5.41) is 10.0. The largest absolute Gasteiger partial charge is 0.481 e. The normalized spacial score (nSPS) is 12.6. The van der Waals surface area contributed by atoms with Crippen molar-refractivity contribution in [1.82, 2.24) is 4.98 Å². The van der Waals surface area contributed by atoms with Crippen molar-refractivity contribution in [2.24, 2.45) is 0 Å². The fraction of sp³-hybridized carbons (Fsp3) is 0.357. The SMILES string of the molecule is Cc1[nH]c2ccccc2c1N(C)C(C)CC(=O)O. The number of carboxylic acids is 1. The summed E-state index contributed by atoms with van der Waals surface area (Å²) < 4.78 is 0. The molecule has 1 atom stereocenters. The number of benzene rings is 1. The predicted octanol–water partition coefficient (Wildman–Crippen LogP) is 2.78. The van der Waals surface area contributed by atoms with Crippen molar-refractivity contribution in [3.05, 3.63) is 30.0 Å². The maximum atomic E-state index is 10.8. The first kappa shape index (κ1) is 12.5. The molecule has 0 saturated heterocycles. The maximum Gasteiger partial charge on any atom is 0.305 e. The molecular weight excluding hydrogens is 228 g/mol. The maximum absolute atomic E-state index is 10.8. The molecule has 2 rings (SSSR count). The van der Waals surface area contributed by atoms with E-state index in [0.717, 1.165) is 22.3 Å². The van der Waals surface area contributed by atoms with Gasteiger partial charge in [-0.25, -0.2) is 0 Å². The summed E-state index contributed by atoms with van der Waals surface area (Å²) in [5.74, 6) is -0.771. The molecule has 1 aromatic carbocycles. The molecule has 0 fully saturated rings. The van der Waals surface area contributed by atoms with Gasteiger partial charge in [0, 0.05) is 29.7 Å². The number of aromatic amines is 1. The summed E-state index contributed by atoms with van der Waals surface area (Å²) in [6, 6.07) is 8.03. The van der Waals surface area contributed by atoms with Crippen molar-refractivity contribution in [2.75, 3.05) is 11.9 Å². The molecule has 0 aliphatic heterocycles. The van der Waals surface area contributed by atoms with E-state index in [4.69, 9.17) is 5.11 Å². The molecule has 0 saturated carbocycles. The minimum atomic E-state index is -0.771. The fourth-order valence-electron chi connectivity index (χ4n) is 2.33. The van der Waals surface area contributed by atoms with Crippen LogP contribution in [0.3, 0.4) is 0 Å². The lowest BCUT2D eigenvalue weighted by molar-refractivity contribution is -0.137. The number of fused-ring (bicyclic) bond motifs is 1. The van der Waals surface area contributed by atoms with Crippen LogP contribution < -0.4 is 4.90 Å². The number of aromatic nitrogens is 1. The number of hydrogen-bond donors (Lipinski definition) is 2. The van der Waals surface area contributed by atoms with Crippen LogP contribution in [0, 0.1) is 6.92 Å². The first-order valence-corrected chi connectivity index (χ1v) is 6.02. The second-order valence-electron chi connectivity index (χ2n) is 4.70. The molecule has 0 aliphatic rings. The number of aryl methyl sites for hydroxylation is 1. The number of carboxylic acid groups (broad SMARTS) is 1. The van der Waals surface area contributed by atoms with Crippen LogP contribution >= 0.6 is 0 Å². The van der Waals surface area contributed by atoms with Crippen molar-refractivity contribution in [3.8, 4) is 0 Å².